The van der Waals surface area contributed by atoms with Crippen LogP contribution in [0.1, 0.15) is 17.9 Å². The van der Waals surface area contributed by atoms with Gasteiger partial charge in [0.15, 0.2) is 5.00 Å². The van der Waals surface area contributed by atoms with Crippen molar-refractivity contribution in [1.29, 1.82) is 0 Å². The van der Waals surface area contributed by atoms with E-state index in [1.54, 1.807) is 28.1 Å². The first kappa shape index (κ1) is 15.4. The fourth-order valence-corrected chi connectivity index (χ4v) is 2.44. The largest absolute Gasteiger partial charge is 0.388 e. The van der Waals surface area contributed by atoms with Crippen molar-refractivity contribution in [2.75, 3.05) is 32.6 Å². The molecule has 0 saturated heterocycles. The highest BCUT2D eigenvalue weighted by molar-refractivity contribution is 7.16. The second-order valence-electron chi connectivity index (χ2n) is 4.42. The smallest absolute Gasteiger partial charge is 0.304 e. The van der Waals surface area contributed by atoms with Gasteiger partial charge in [-0.05, 0) is 6.92 Å². The molecular formula is C11H17N3O4S. The molecule has 19 heavy (non-hydrogen) atoms. The van der Waals surface area contributed by atoms with Gasteiger partial charge in [0.25, 0.3) is 0 Å². The van der Waals surface area contributed by atoms with Crippen LogP contribution in [0.4, 0.5) is 10.7 Å². The number of carbonyl (C=O) groups excluding carboxylic acids is 1. The van der Waals surface area contributed by atoms with Crippen LogP contribution >= 0.6 is 11.3 Å². The summed E-state index contributed by atoms with van der Waals surface area (Å²) < 4.78 is 0. The van der Waals surface area contributed by atoms with Crippen molar-refractivity contribution in [1.82, 2.24) is 4.90 Å². The van der Waals surface area contributed by atoms with E-state index >= 15 is 0 Å². The average molecular weight is 287 g/mol. The van der Waals surface area contributed by atoms with Crippen LogP contribution in [0.25, 0.3) is 0 Å². The first-order chi connectivity index (χ1) is 8.73. The topological polar surface area (TPSA) is 86.9 Å². The highest BCUT2D eigenvalue weighted by Crippen LogP contribution is 2.39. The normalized spacial score (nSPS) is 12.1. The summed E-state index contributed by atoms with van der Waals surface area (Å²) >= 11 is 1.12. The maximum Gasteiger partial charge on any atom is 0.304 e. The Balaban J connectivity index is 3.04. The van der Waals surface area contributed by atoms with Crippen molar-refractivity contribution in [3.8, 4) is 0 Å². The van der Waals surface area contributed by atoms with Gasteiger partial charge in [0.1, 0.15) is 0 Å². The molecular weight excluding hydrogens is 270 g/mol. The molecule has 1 heterocycles. The molecule has 1 aromatic rings. The van der Waals surface area contributed by atoms with Gasteiger partial charge in [0.2, 0.25) is 5.91 Å². The Hall–Kier alpha value is -1.67. The monoisotopic (exact) mass is 287 g/mol. The Morgan fingerprint density at radius 3 is 2.53 bits per heavy atom. The number of hydrogen-bond donors (Lipinski definition) is 1. The predicted octanol–water partition coefficient (Wildman–Crippen LogP) is 1.23. The number of amides is 1. The van der Waals surface area contributed by atoms with Gasteiger partial charge in [-0.1, -0.05) is 0 Å². The van der Waals surface area contributed by atoms with Crippen LogP contribution in [0.2, 0.25) is 0 Å². The zero-order valence-corrected chi connectivity index (χ0v) is 12.1. The molecule has 0 bridgehead atoms. The zero-order chi connectivity index (χ0) is 14.7. The number of nitrogens with zero attached hydrogens (tertiary/aromatic N) is 3. The molecule has 106 valence electrons. The molecule has 0 radical (unpaired) electrons. The number of likely N-dealkylation sites (N-methyl/N-ethyl adjacent to an activating group) is 2. The Bertz CT molecular complexity index is 484. The molecule has 0 aliphatic carbocycles. The van der Waals surface area contributed by atoms with E-state index in [1.807, 2.05) is 0 Å². The Kier molecular flexibility index (Phi) is 4.84. The lowest BCUT2D eigenvalue weighted by atomic mass is 10.3. The van der Waals surface area contributed by atoms with Crippen LogP contribution in [-0.4, -0.2) is 48.5 Å². The Morgan fingerprint density at radius 2 is 2.11 bits per heavy atom. The number of nitro groups is 1. The van der Waals surface area contributed by atoms with Crippen LogP contribution in [0.3, 0.4) is 0 Å². The molecule has 7 nitrogen and oxygen atoms in total. The van der Waals surface area contributed by atoms with E-state index in [2.05, 4.69) is 0 Å². The molecule has 0 saturated carbocycles. The summed E-state index contributed by atoms with van der Waals surface area (Å²) in [6.07, 6.45) is -0.768. The quantitative estimate of drug-likeness (QED) is 0.650. The van der Waals surface area contributed by atoms with Crippen LogP contribution in [0, 0.1) is 10.1 Å². The molecule has 1 aromatic heterocycles. The number of rotatable bonds is 5. The first-order valence-electron chi connectivity index (χ1n) is 5.61. The van der Waals surface area contributed by atoms with Gasteiger partial charge in [-0.25, -0.2) is 0 Å². The minimum atomic E-state index is -0.768. The van der Waals surface area contributed by atoms with E-state index in [0.29, 0.717) is 9.88 Å². The molecule has 1 rings (SSSR count). The van der Waals surface area contributed by atoms with E-state index in [4.69, 9.17) is 0 Å². The number of hydrogen-bond acceptors (Lipinski definition) is 6. The molecule has 0 aliphatic heterocycles. The molecule has 0 aliphatic rings. The number of aliphatic hydroxyl groups is 1. The SMILES string of the molecule is CC(O)c1cc([N+](=O)[O-])c(N(C)CC(=O)N(C)C)s1. The van der Waals surface area contributed by atoms with Crippen molar-refractivity contribution >= 4 is 27.9 Å². The zero-order valence-electron chi connectivity index (χ0n) is 11.3. The van der Waals surface area contributed by atoms with E-state index in [0.717, 1.165) is 11.3 Å². The molecule has 1 N–H and O–H groups in total. The highest BCUT2D eigenvalue weighted by Gasteiger charge is 2.25. The third kappa shape index (κ3) is 3.65. The van der Waals surface area contributed by atoms with Gasteiger partial charge in [0, 0.05) is 32.1 Å². The summed E-state index contributed by atoms with van der Waals surface area (Å²) in [4.78, 5) is 25.6. The minimum absolute atomic E-state index is 0.0492. The standard InChI is InChI=1S/C11H17N3O4S/c1-7(15)9-5-8(14(17)18)11(19-9)13(4)6-10(16)12(2)3/h5,7,15H,6H2,1-4H3. The molecule has 1 unspecified atom stereocenters. The summed E-state index contributed by atoms with van der Waals surface area (Å²) in [5, 5.41) is 20.9. The van der Waals surface area contributed by atoms with Crippen molar-refractivity contribution in [3.63, 3.8) is 0 Å². The summed E-state index contributed by atoms with van der Waals surface area (Å²) in [5.74, 6) is -0.149. The molecule has 1 amide bonds. The van der Waals surface area contributed by atoms with Crippen molar-refractivity contribution in [3.05, 3.63) is 21.1 Å². The molecule has 0 spiro atoms. The van der Waals surface area contributed by atoms with E-state index < -0.39 is 11.0 Å². The van der Waals surface area contributed by atoms with Crippen molar-refractivity contribution in [2.24, 2.45) is 0 Å². The van der Waals surface area contributed by atoms with Crippen LogP contribution in [0.5, 0.6) is 0 Å². The minimum Gasteiger partial charge on any atom is -0.388 e. The molecule has 8 heteroatoms. The third-order valence-electron chi connectivity index (χ3n) is 2.54. The number of anilines is 1. The van der Waals surface area contributed by atoms with Gasteiger partial charge < -0.3 is 14.9 Å². The van der Waals surface area contributed by atoms with E-state index in [-0.39, 0.29) is 18.1 Å². The lowest BCUT2D eigenvalue weighted by Crippen LogP contribution is -2.34. The van der Waals surface area contributed by atoms with Gasteiger partial charge in [-0.3, -0.25) is 14.9 Å². The Morgan fingerprint density at radius 1 is 1.53 bits per heavy atom. The number of thiophene rings is 1. The van der Waals surface area contributed by atoms with Gasteiger partial charge in [-0.2, -0.15) is 0 Å². The average Bonchev–Trinajstić information content (AvgIpc) is 2.73. The van der Waals surface area contributed by atoms with E-state index in [9.17, 15) is 20.0 Å². The highest BCUT2D eigenvalue weighted by atomic mass is 32.1. The maximum atomic E-state index is 11.6. The van der Waals surface area contributed by atoms with Gasteiger partial charge in [0.05, 0.1) is 17.6 Å². The third-order valence-corrected chi connectivity index (χ3v) is 3.95. The first-order valence-corrected chi connectivity index (χ1v) is 6.43. The Labute approximate surface area is 115 Å². The van der Waals surface area contributed by atoms with Crippen LogP contribution < -0.4 is 4.90 Å². The van der Waals surface area contributed by atoms with Gasteiger partial charge >= 0.3 is 5.69 Å². The van der Waals surface area contributed by atoms with Crippen LogP contribution in [0.15, 0.2) is 6.07 Å². The van der Waals surface area contributed by atoms with Gasteiger partial charge in [-0.15, -0.1) is 11.3 Å². The lowest BCUT2D eigenvalue weighted by molar-refractivity contribution is -0.383. The maximum absolute atomic E-state index is 11.6. The summed E-state index contributed by atoms with van der Waals surface area (Å²) in [6, 6.07) is 1.35. The predicted molar refractivity (Wildman–Crippen MR) is 73.6 cm³/mol. The van der Waals surface area contributed by atoms with Crippen molar-refractivity contribution < 1.29 is 14.8 Å². The second kappa shape index (κ2) is 5.98. The summed E-state index contributed by atoms with van der Waals surface area (Å²) in [5.41, 5.74) is -0.0880. The number of carbonyl (C=O) groups is 1. The van der Waals surface area contributed by atoms with Crippen LogP contribution in [-0.2, 0) is 4.79 Å². The summed E-state index contributed by atoms with van der Waals surface area (Å²) in [6.45, 7) is 1.60. The van der Waals surface area contributed by atoms with Crippen molar-refractivity contribution in [2.45, 2.75) is 13.0 Å². The summed E-state index contributed by atoms with van der Waals surface area (Å²) in [7, 11) is 4.87. The number of aliphatic hydroxyl groups excluding tert-OH is 1. The van der Waals surface area contributed by atoms with E-state index in [1.165, 1.54) is 15.9 Å². The molecule has 1 atom stereocenters. The fourth-order valence-electron chi connectivity index (χ4n) is 1.42. The lowest BCUT2D eigenvalue weighted by Gasteiger charge is -2.18. The fraction of sp³-hybridized carbons (Fsp3) is 0.545. The second-order valence-corrected chi connectivity index (χ2v) is 5.48. The molecule has 0 aromatic carbocycles. The molecule has 0 fully saturated rings.